The van der Waals surface area contributed by atoms with Gasteiger partial charge in [0.15, 0.2) is 17.3 Å². The number of nitrogens with zero attached hydrogens (tertiary/aromatic N) is 3. The summed E-state index contributed by atoms with van der Waals surface area (Å²) >= 11 is 0. The second kappa shape index (κ2) is 10.1. The summed E-state index contributed by atoms with van der Waals surface area (Å²) in [6, 6.07) is 18.8. The number of aryl methyl sites for hydroxylation is 1. The molecule has 2 N–H and O–H groups in total. The van der Waals surface area contributed by atoms with Crippen molar-refractivity contribution in [3.8, 4) is 28.6 Å². The molecule has 0 bridgehead atoms. The van der Waals surface area contributed by atoms with E-state index in [1.807, 2.05) is 49.4 Å². The average molecular weight is 517 g/mol. The van der Waals surface area contributed by atoms with Gasteiger partial charge in [0, 0.05) is 32.9 Å². The first-order valence-corrected chi connectivity index (χ1v) is 12.7. The van der Waals surface area contributed by atoms with Crippen LogP contribution in [-0.4, -0.2) is 47.1 Å². The number of benzene rings is 3. The highest BCUT2D eigenvalue weighted by molar-refractivity contribution is 5.92. The van der Waals surface area contributed by atoms with Crippen molar-refractivity contribution in [3.05, 3.63) is 71.8 Å². The fourth-order valence-corrected chi connectivity index (χ4v) is 4.94. The molecule has 0 atom stereocenters. The van der Waals surface area contributed by atoms with Gasteiger partial charge in [-0.05, 0) is 55.7 Å². The van der Waals surface area contributed by atoms with Crippen molar-refractivity contribution in [2.24, 2.45) is 0 Å². The summed E-state index contributed by atoms with van der Waals surface area (Å²) in [6.45, 7) is 3.74. The summed E-state index contributed by atoms with van der Waals surface area (Å²) in [4.78, 5) is 24.4. The molecular formula is C29H32N4O5. The van der Waals surface area contributed by atoms with E-state index in [2.05, 4.69) is 16.3 Å². The monoisotopic (exact) mass is 516 g/mol. The predicted molar refractivity (Wildman–Crippen MR) is 147 cm³/mol. The number of amides is 1. The summed E-state index contributed by atoms with van der Waals surface area (Å²) in [6.07, 6.45) is 1.04. The minimum Gasteiger partial charge on any atom is -0.507 e. The van der Waals surface area contributed by atoms with Crippen molar-refractivity contribution in [1.29, 1.82) is 0 Å². The number of phenols is 1. The number of alkyl carbamates (subject to hydrolysis) is 1. The number of ether oxygens (including phenoxy) is 3. The van der Waals surface area contributed by atoms with Crippen molar-refractivity contribution in [2.75, 3.05) is 24.8 Å². The third-order valence-electron chi connectivity index (χ3n) is 6.93. The number of fused-ring (bicyclic) bond motifs is 2. The molecule has 1 fully saturated rings. The maximum absolute atomic E-state index is 12.5. The lowest BCUT2D eigenvalue weighted by atomic mass is 10.0. The van der Waals surface area contributed by atoms with Gasteiger partial charge in [-0.1, -0.05) is 30.3 Å². The van der Waals surface area contributed by atoms with E-state index in [-0.39, 0.29) is 28.0 Å². The number of hydrogen-bond donors (Lipinski definition) is 2. The summed E-state index contributed by atoms with van der Waals surface area (Å²) in [5, 5.41) is 14.4. The zero-order chi connectivity index (χ0) is 26.1. The maximum Gasteiger partial charge on any atom is 0.407 e. The van der Waals surface area contributed by atoms with Crippen molar-refractivity contribution < 1.29 is 27.0 Å². The molecule has 2 aliphatic heterocycles. The number of carbonyl (C=O) groups excluding carboxylic acids is 1. The molecular weight excluding hydrogens is 484 g/mol. The van der Waals surface area contributed by atoms with Crippen LogP contribution in [0.15, 0.2) is 60.7 Å². The number of carbonyl (C=O) groups is 1. The Morgan fingerprint density at radius 1 is 1.11 bits per heavy atom. The van der Waals surface area contributed by atoms with Crippen LogP contribution in [0.4, 0.5) is 10.6 Å². The van der Waals surface area contributed by atoms with Crippen molar-refractivity contribution in [2.45, 2.75) is 32.4 Å². The lowest BCUT2D eigenvalue weighted by Crippen LogP contribution is -2.45. The first-order chi connectivity index (χ1) is 18.5. The molecule has 0 aliphatic carbocycles. The van der Waals surface area contributed by atoms with E-state index in [1.165, 1.54) is 0 Å². The quantitative estimate of drug-likeness (QED) is 0.362. The standard InChI is InChI=1S/C29H28N4O5.2H2/c1-18-9-10-21-23(15-18)31-27(22-6-2-3-7-24(22)34)32-28(21)33-13-11-20(12-14-33)30-29(35)36-16-19-5-4-8-25-26(19)38-17-37-25;;/h2-10,15,20,34H,11-14,16-17H2,1H3,(H,30,35);2*1H. The SMILES string of the molecule is Cc1ccc2c(N3CCC(NC(=O)OCc4cccc5c4OCO5)CC3)nc(-c3ccccc3O)nc2c1.[HH].[HH]. The maximum atomic E-state index is 12.5. The van der Waals surface area contributed by atoms with Crippen LogP contribution < -0.4 is 19.7 Å². The Kier molecular flexibility index (Phi) is 6.33. The van der Waals surface area contributed by atoms with Crippen LogP contribution in [-0.2, 0) is 11.3 Å². The van der Waals surface area contributed by atoms with Crippen LogP contribution in [0.2, 0.25) is 0 Å². The zero-order valence-corrected chi connectivity index (χ0v) is 21.0. The normalized spacial score (nSPS) is 15.0. The van der Waals surface area contributed by atoms with Gasteiger partial charge in [0.05, 0.1) is 11.1 Å². The molecule has 9 nitrogen and oxygen atoms in total. The minimum absolute atomic E-state index is 0. The number of para-hydroxylation sites is 2. The van der Waals surface area contributed by atoms with E-state index in [4.69, 9.17) is 24.2 Å². The minimum atomic E-state index is -0.454. The fourth-order valence-electron chi connectivity index (χ4n) is 4.94. The van der Waals surface area contributed by atoms with Gasteiger partial charge in [0.2, 0.25) is 6.79 Å². The van der Waals surface area contributed by atoms with Gasteiger partial charge in [0.25, 0.3) is 0 Å². The highest BCUT2D eigenvalue weighted by atomic mass is 16.7. The molecule has 1 amide bonds. The number of aromatic hydroxyl groups is 1. The van der Waals surface area contributed by atoms with Crippen LogP contribution >= 0.6 is 0 Å². The molecule has 0 radical (unpaired) electrons. The molecule has 3 heterocycles. The van der Waals surface area contributed by atoms with Gasteiger partial charge in [-0.25, -0.2) is 14.8 Å². The zero-order valence-electron chi connectivity index (χ0n) is 21.0. The second-order valence-corrected chi connectivity index (χ2v) is 9.54. The Morgan fingerprint density at radius 3 is 2.79 bits per heavy atom. The van der Waals surface area contributed by atoms with E-state index in [9.17, 15) is 9.90 Å². The largest absolute Gasteiger partial charge is 0.507 e. The second-order valence-electron chi connectivity index (χ2n) is 9.54. The average Bonchev–Trinajstić information content (AvgIpc) is 3.41. The van der Waals surface area contributed by atoms with Gasteiger partial charge < -0.3 is 29.5 Å². The van der Waals surface area contributed by atoms with E-state index in [0.29, 0.717) is 36.0 Å². The van der Waals surface area contributed by atoms with Gasteiger partial charge in [-0.3, -0.25) is 0 Å². The van der Waals surface area contributed by atoms with Crippen LogP contribution in [0.1, 0.15) is 26.8 Å². The number of phenolic OH excluding ortho intramolecular Hbond substituents is 1. The Balaban J connectivity index is 0.00000185. The number of aromatic nitrogens is 2. The molecule has 38 heavy (non-hydrogen) atoms. The molecule has 6 rings (SSSR count). The van der Waals surface area contributed by atoms with E-state index in [1.54, 1.807) is 12.1 Å². The molecule has 4 aromatic rings. The highest BCUT2D eigenvalue weighted by Gasteiger charge is 2.25. The number of hydrogen-bond acceptors (Lipinski definition) is 8. The van der Waals surface area contributed by atoms with Crippen molar-refractivity contribution in [1.82, 2.24) is 15.3 Å². The number of nitrogens with one attached hydrogen (secondary N) is 1. The van der Waals surface area contributed by atoms with Gasteiger partial charge in [0.1, 0.15) is 18.2 Å². The van der Waals surface area contributed by atoms with Gasteiger partial charge >= 0.3 is 6.09 Å². The molecule has 0 spiro atoms. The fraction of sp³-hybridized carbons (Fsp3) is 0.276. The lowest BCUT2D eigenvalue weighted by molar-refractivity contribution is 0.131. The summed E-state index contributed by atoms with van der Waals surface area (Å²) in [5.74, 6) is 2.75. The van der Waals surface area contributed by atoms with E-state index >= 15 is 0 Å². The molecule has 0 saturated carbocycles. The third-order valence-corrected chi connectivity index (χ3v) is 6.93. The first-order valence-electron chi connectivity index (χ1n) is 12.7. The molecule has 0 unspecified atom stereocenters. The van der Waals surface area contributed by atoms with E-state index < -0.39 is 6.09 Å². The smallest absolute Gasteiger partial charge is 0.407 e. The molecule has 198 valence electrons. The van der Waals surface area contributed by atoms with Crippen LogP contribution in [0.5, 0.6) is 17.2 Å². The topological polar surface area (TPSA) is 106 Å². The summed E-state index contributed by atoms with van der Waals surface area (Å²) in [7, 11) is 0. The van der Waals surface area contributed by atoms with Crippen LogP contribution in [0, 0.1) is 6.92 Å². The number of anilines is 1. The van der Waals surface area contributed by atoms with E-state index in [0.717, 1.165) is 40.7 Å². The Hall–Kier alpha value is -4.53. The first kappa shape index (κ1) is 23.8. The molecule has 9 heteroatoms. The summed E-state index contributed by atoms with van der Waals surface area (Å²) < 4.78 is 16.3. The molecule has 2 aliphatic rings. The van der Waals surface area contributed by atoms with Gasteiger partial charge in [-0.15, -0.1) is 0 Å². The number of rotatable bonds is 5. The van der Waals surface area contributed by atoms with Crippen LogP contribution in [0.3, 0.4) is 0 Å². The van der Waals surface area contributed by atoms with Gasteiger partial charge in [-0.2, -0.15) is 0 Å². The van der Waals surface area contributed by atoms with Crippen LogP contribution in [0.25, 0.3) is 22.3 Å². The third kappa shape index (κ3) is 4.74. The Bertz CT molecular complexity index is 1510. The highest BCUT2D eigenvalue weighted by Crippen LogP contribution is 2.36. The Morgan fingerprint density at radius 2 is 1.95 bits per heavy atom. The lowest BCUT2D eigenvalue weighted by Gasteiger charge is -2.33. The van der Waals surface area contributed by atoms with Crippen molar-refractivity contribution >= 4 is 22.8 Å². The van der Waals surface area contributed by atoms with Crippen molar-refractivity contribution in [3.63, 3.8) is 0 Å². The summed E-state index contributed by atoms with van der Waals surface area (Å²) in [5.41, 5.74) is 3.30. The molecule has 1 aromatic heterocycles. The molecule has 1 saturated heterocycles. The number of piperidine rings is 1. The Labute approximate surface area is 223 Å². The molecule has 3 aromatic carbocycles. The predicted octanol–water partition coefficient (Wildman–Crippen LogP) is 5.43.